The molecule has 11 rings (SSSR count). The van der Waals surface area contributed by atoms with E-state index >= 15 is 0 Å². The topological polar surface area (TPSA) is 17.8 Å². The fourth-order valence-corrected chi connectivity index (χ4v) is 9.03. The smallest absolute Gasteiger partial charge is 0.294 e. The van der Waals surface area contributed by atoms with Gasteiger partial charge >= 0.3 is 6.18 Å². The van der Waals surface area contributed by atoms with Crippen molar-refractivity contribution in [2.75, 3.05) is 0 Å². The average molecular weight is 793 g/mol. The van der Waals surface area contributed by atoms with E-state index in [4.69, 9.17) is 4.98 Å². The molecule has 0 aliphatic heterocycles. The minimum Gasteiger partial charge on any atom is -0.294 e. The normalized spacial score (nSPS) is 11.9. The van der Waals surface area contributed by atoms with Gasteiger partial charge < -0.3 is 0 Å². The molecular formula is C56H35F3N2. The van der Waals surface area contributed by atoms with Gasteiger partial charge in [-0.15, -0.1) is 0 Å². The average Bonchev–Trinajstić information content (AvgIpc) is 3.64. The highest BCUT2D eigenvalue weighted by atomic mass is 19.4. The summed E-state index contributed by atoms with van der Waals surface area (Å²) < 4.78 is 47.0. The Labute approximate surface area is 350 Å². The number of hydrogen-bond acceptors (Lipinski definition) is 1. The second-order valence-corrected chi connectivity index (χ2v) is 15.4. The monoisotopic (exact) mass is 792 g/mol. The Hall–Kier alpha value is -7.76. The van der Waals surface area contributed by atoms with E-state index in [1.165, 1.54) is 17.7 Å². The second-order valence-electron chi connectivity index (χ2n) is 15.4. The summed E-state index contributed by atoms with van der Waals surface area (Å²) in [5, 5.41) is 5.58. The van der Waals surface area contributed by atoms with E-state index in [0.717, 1.165) is 82.5 Å². The molecule has 0 aliphatic carbocycles. The van der Waals surface area contributed by atoms with Gasteiger partial charge in [0, 0.05) is 22.7 Å². The molecule has 0 saturated carbocycles. The Bertz CT molecular complexity index is 3370. The standard InChI is InChI=1S/C56H35F3N2/c57-56(58,59)44-33-42(32-43(34-44)54-48-18-9-7-16-46(48)53(40-14-5-2-6-15-40)47-17-8-10-19-49(47)54)41-27-30-52-51(35-41)50-20-11-31-60-55(50)61(52)45-28-25-39(26-29-45)38-23-21-37(22-24-38)36-12-3-1-4-13-36/h1-35H. The van der Waals surface area contributed by atoms with Gasteiger partial charge in [0.15, 0.2) is 0 Å². The van der Waals surface area contributed by atoms with Crippen LogP contribution in [0.25, 0.3) is 105 Å². The van der Waals surface area contributed by atoms with E-state index in [0.29, 0.717) is 16.7 Å². The van der Waals surface area contributed by atoms with Gasteiger partial charge in [0.25, 0.3) is 0 Å². The van der Waals surface area contributed by atoms with Crippen molar-refractivity contribution < 1.29 is 13.2 Å². The van der Waals surface area contributed by atoms with Crippen LogP contribution in [0.4, 0.5) is 13.2 Å². The van der Waals surface area contributed by atoms with Crippen LogP contribution in [0.3, 0.4) is 0 Å². The Morgan fingerprint density at radius 1 is 0.344 bits per heavy atom. The van der Waals surface area contributed by atoms with E-state index in [1.54, 1.807) is 6.20 Å². The number of hydrogen-bond donors (Lipinski definition) is 0. The first-order valence-electron chi connectivity index (χ1n) is 20.3. The largest absolute Gasteiger partial charge is 0.416 e. The molecular weight excluding hydrogens is 758 g/mol. The molecule has 0 spiro atoms. The quantitative estimate of drug-likeness (QED) is 0.153. The zero-order valence-electron chi connectivity index (χ0n) is 32.7. The molecule has 2 heterocycles. The van der Waals surface area contributed by atoms with Gasteiger partial charge in [-0.2, -0.15) is 13.2 Å². The van der Waals surface area contributed by atoms with Crippen molar-refractivity contribution in [3.63, 3.8) is 0 Å². The van der Waals surface area contributed by atoms with Crippen LogP contribution in [0.15, 0.2) is 212 Å². The molecule has 0 radical (unpaired) electrons. The summed E-state index contributed by atoms with van der Waals surface area (Å²) in [6, 6.07) is 67.9. The highest BCUT2D eigenvalue weighted by molar-refractivity contribution is 6.21. The maximum atomic E-state index is 15.0. The van der Waals surface area contributed by atoms with Gasteiger partial charge in [-0.3, -0.25) is 4.57 Å². The molecule has 11 aromatic rings. The molecule has 0 fully saturated rings. The number of halogens is 3. The molecule has 0 N–H and O–H groups in total. The zero-order valence-corrected chi connectivity index (χ0v) is 32.7. The maximum absolute atomic E-state index is 15.0. The minimum atomic E-state index is -4.57. The number of fused-ring (bicyclic) bond motifs is 5. The van der Waals surface area contributed by atoms with Gasteiger partial charge in [0.05, 0.1) is 11.1 Å². The predicted octanol–water partition coefficient (Wildman–Crippen LogP) is 15.8. The molecule has 290 valence electrons. The summed E-state index contributed by atoms with van der Waals surface area (Å²) in [7, 11) is 0. The summed E-state index contributed by atoms with van der Waals surface area (Å²) in [4.78, 5) is 4.82. The Morgan fingerprint density at radius 2 is 0.803 bits per heavy atom. The Kier molecular flexibility index (Phi) is 8.64. The van der Waals surface area contributed by atoms with Crippen molar-refractivity contribution in [1.29, 1.82) is 0 Å². The lowest BCUT2D eigenvalue weighted by atomic mass is 9.85. The van der Waals surface area contributed by atoms with Gasteiger partial charge in [-0.25, -0.2) is 4.98 Å². The second kappa shape index (κ2) is 14.5. The first-order valence-corrected chi connectivity index (χ1v) is 20.3. The number of nitrogens with zero attached hydrogens (tertiary/aromatic N) is 2. The molecule has 9 aromatic carbocycles. The van der Waals surface area contributed by atoms with Crippen molar-refractivity contribution in [3.05, 3.63) is 218 Å². The van der Waals surface area contributed by atoms with E-state index in [1.807, 2.05) is 109 Å². The minimum absolute atomic E-state index is 0.486. The first kappa shape index (κ1) is 36.3. The van der Waals surface area contributed by atoms with Crippen LogP contribution in [0.5, 0.6) is 0 Å². The van der Waals surface area contributed by atoms with Crippen molar-refractivity contribution >= 4 is 43.5 Å². The number of pyridine rings is 1. The molecule has 0 bridgehead atoms. The highest BCUT2D eigenvalue weighted by Crippen LogP contribution is 2.46. The van der Waals surface area contributed by atoms with Gasteiger partial charge in [0.2, 0.25) is 0 Å². The summed E-state index contributed by atoms with van der Waals surface area (Å²) >= 11 is 0. The van der Waals surface area contributed by atoms with Crippen molar-refractivity contribution in [2.45, 2.75) is 6.18 Å². The summed E-state index contributed by atoms with van der Waals surface area (Å²) in [6.45, 7) is 0. The zero-order chi connectivity index (χ0) is 41.1. The summed E-state index contributed by atoms with van der Waals surface area (Å²) in [6.07, 6.45) is -2.79. The molecule has 0 aliphatic rings. The first-order chi connectivity index (χ1) is 29.9. The maximum Gasteiger partial charge on any atom is 0.416 e. The van der Waals surface area contributed by atoms with Crippen molar-refractivity contribution in [1.82, 2.24) is 9.55 Å². The Morgan fingerprint density at radius 3 is 1.38 bits per heavy atom. The van der Waals surface area contributed by atoms with Gasteiger partial charge in [-0.1, -0.05) is 152 Å². The lowest BCUT2D eigenvalue weighted by Crippen LogP contribution is -2.05. The summed E-state index contributed by atoms with van der Waals surface area (Å²) in [5.74, 6) is 0. The summed E-state index contributed by atoms with van der Waals surface area (Å²) in [5.41, 5.74) is 11.1. The van der Waals surface area contributed by atoms with E-state index < -0.39 is 11.7 Å². The van der Waals surface area contributed by atoms with Crippen LogP contribution in [0, 0.1) is 0 Å². The predicted molar refractivity (Wildman–Crippen MR) is 246 cm³/mol. The lowest BCUT2D eigenvalue weighted by molar-refractivity contribution is -0.137. The molecule has 0 unspecified atom stereocenters. The van der Waals surface area contributed by atoms with Crippen molar-refractivity contribution in [3.8, 4) is 61.3 Å². The SMILES string of the molecule is FC(F)(F)c1cc(-c2ccc3c(c2)c2cccnc2n3-c2ccc(-c3ccc(-c4ccccc4)cc3)cc2)cc(-c2c3ccccc3c(-c3ccccc3)c3ccccc23)c1. The molecule has 2 nitrogen and oxygen atoms in total. The van der Waals surface area contributed by atoms with E-state index in [2.05, 4.69) is 89.5 Å². The fraction of sp³-hybridized carbons (Fsp3) is 0.0179. The van der Waals surface area contributed by atoms with Crippen LogP contribution in [0.1, 0.15) is 5.56 Å². The third-order valence-electron chi connectivity index (χ3n) is 11.9. The number of benzene rings is 9. The van der Waals surface area contributed by atoms with Crippen LogP contribution in [-0.2, 0) is 6.18 Å². The highest BCUT2D eigenvalue weighted by Gasteiger charge is 2.32. The molecule has 61 heavy (non-hydrogen) atoms. The van der Waals surface area contributed by atoms with Gasteiger partial charge in [-0.05, 0) is 132 Å². The third-order valence-corrected chi connectivity index (χ3v) is 11.9. The number of alkyl halides is 3. The number of rotatable bonds is 6. The van der Waals surface area contributed by atoms with Crippen LogP contribution < -0.4 is 0 Å². The lowest BCUT2D eigenvalue weighted by Gasteiger charge is -2.19. The van der Waals surface area contributed by atoms with Gasteiger partial charge in [0.1, 0.15) is 5.65 Å². The molecule has 0 saturated heterocycles. The number of aromatic nitrogens is 2. The molecule has 0 amide bonds. The van der Waals surface area contributed by atoms with Crippen LogP contribution >= 0.6 is 0 Å². The molecule has 2 aromatic heterocycles. The Balaban J connectivity index is 1.04. The fourth-order valence-electron chi connectivity index (χ4n) is 9.03. The van der Waals surface area contributed by atoms with Crippen molar-refractivity contribution in [2.24, 2.45) is 0 Å². The molecule has 0 atom stereocenters. The third kappa shape index (κ3) is 6.34. The van der Waals surface area contributed by atoms with Crippen LogP contribution in [0.2, 0.25) is 0 Å². The molecule has 5 heteroatoms. The van der Waals surface area contributed by atoms with E-state index in [-0.39, 0.29) is 0 Å². The van der Waals surface area contributed by atoms with E-state index in [9.17, 15) is 13.2 Å². The van der Waals surface area contributed by atoms with Crippen LogP contribution in [-0.4, -0.2) is 9.55 Å².